The van der Waals surface area contributed by atoms with Crippen LogP contribution in [0.3, 0.4) is 0 Å². The van der Waals surface area contributed by atoms with E-state index in [0.29, 0.717) is 11.3 Å². The van der Waals surface area contributed by atoms with Crippen molar-refractivity contribution in [1.29, 1.82) is 0 Å². The van der Waals surface area contributed by atoms with E-state index in [0.717, 1.165) is 5.88 Å². The first kappa shape index (κ1) is 11.3. The molecule has 1 unspecified atom stereocenters. The largest absolute Gasteiger partial charge is 0.126 e. The van der Waals surface area contributed by atoms with Crippen LogP contribution in [-0.4, -0.2) is 5.88 Å². The molecule has 0 saturated carbocycles. The summed E-state index contributed by atoms with van der Waals surface area (Å²) in [4.78, 5) is 0. The molecule has 0 saturated heterocycles. The fourth-order valence-electron chi connectivity index (χ4n) is 1.06. The van der Waals surface area contributed by atoms with E-state index in [9.17, 15) is 0 Å². The highest BCUT2D eigenvalue weighted by molar-refractivity contribution is 6.18. The molecule has 0 radical (unpaired) electrons. The highest BCUT2D eigenvalue weighted by atomic mass is 35.5. The van der Waals surface area contributed by atoms with Gasteiger partial charge in [0.1, 0.15) is 0 Å². The van der Waals surface area contributed by atoms with Gasteiger partial charge in [-0.1, -0.05) is 34.1 Å². The number of rotatable bonds is 4. The Balaban J connectivity index is 3.28. The Bertz CT molecular complexity index is 91.5. The lowest BCUT2D eigenvalue weighted by Crippen LogP contribution is -2.06. The van der Waals surface area contributed by atoms with Crippen LogP contribution < -0.4 is 0 Å². The van der Waals surface area contributed by atoms with Crippen molar-refractivity contribution in [2.75, 3.05) is 5.88 Å². The second kappa shape index (κ2) is 5.03. The lowest BCUT2D eigenvalue weighted by Gasteiger charge is -2.18. The fourth-order valence-corrected chi connectivity index (χ4v) is 1.21. The summed E-state index contributed by atoms with van der Waals surface area (Å²) >= 11 is 5.70. The molecule has 0 nitrogen and oxygen atoms in total. The Morgan fingerprint density at radius 3 is 2.18 bits per heavy atom. The van der Waals surface area contributed by atoms with Gasteiger partial charge in [0.25, 0.3) is 0 Å². The first-order valence-electron chi connectivity index (χ1n) is 4.51. The van der Waals surface area contributed by atoms with E-state index in [4.69, 9.17) is 11.6 Å². The minimum atomic E-state index is 0.492. The molecule has 0 aromatic heterocycles. The zero-order chi connectivity index (χ0) is 8.91. The van der Waals surface area contributed by atoms with Gasteiger partial charge >= 0.3 is 0 Å². The molecule has 0 bridgehead atoms. The van der Waals surface area contributed by atoms with Gasteiger partial charge in [-0.15, -0.1) is 11.6 Å². The normalized spacial score (nSPS) is 15.0. The van der Waals surface area contributed by atoms with Crippen molar-refractivity contribution in [2.24, 2.45) is 11.3 Å². The van der Waals surface area contributed by atoms with Gasteiger partial charge in [0, 0.05) is 5.88 Å². The van der Waals surface area contributed by atoms with Crippen LogP contribution in [0.2, 0.25) is 0 Å². The summed E-state index contributed by atoms with van der Waals surface area (Å²) in [5, 5.41) is 0. The molecular weight excluding hydrogens is 156 g/mol. The van der Waals surface area contributed by atoms with E-state index in [2.05, 4.69) is 27.7 Å². The SMILES string of the molecule is CC(CCl)CCCC(C)(C)C. The first-order valence-corrected chi connectivity index (χ1v) is 5.05. The van der Waals surface area contributed by atoms with E-state index in [1.807, 2.05) is 0 Å². The van der Waals surface area contributed by atoms with Crippen LogP contribution in [0.4, 0.5) is 0 Å². The van der Waals surface area contributed by atoms with Gasteiger partial charge in [-0.3, -0.25) is 0 Å². The van der Waals surface area contributed by atoms with Gasteiger partial charge in [0.15, 0.2) is 0 Å². The van der Waals surface area contributed by atoms with Crippen molar-refractivity contribution in [2.45, 2.75) is 47.0 Å². The maximum absolute atomic E-state index is 5.70. The molecule has 0 aliphatic rings. The van der Waals surface area contributed by atoms with Gasteiger partial charge in [-0.2, -0.15) is 0 Å². The average Bonchev–Trinajstić information content (AvgIpc) is 1.85. The van der Waals surface area contributed by atoms with Crippen LogP contribution >= 0.6 is 11.6 Å². The van der Waals surface area contributed by atoms with Crippen LogP contribution in [-0.2, 0) is 0 Å². The van der Waals surface area contributed by atoms with E-state index in [1.165, 1.54) is 19.3 Å². The van der Waals surface area contributed by atoms with Gasteiger partial charge < -0.3 is 0 Å². The van der Waals surface area contributed by atoms with Gasteiger partial charge in [0.05, 0.1) is 0 Å². The van der Waals surface area contributed by atoms with Crippen LogP contribution in [0.1, 0.15) is 47.0 Å². The third-order valence-corrected chi connectivity index (χ3v) is 2.41. The summed E-state index contributed by atoms with van der Waals surface area (Å²) in [6.07, 6.45) is 3.91. The Labute approximate surface area is 76.3 Å². The smallest absolute Gasteiger partial charge is 0.0249 e. The van der Waals surface area contributed by atoms with Crippen molar-refractivity contribution >= 4 is 11.6 Å². The second-order valence-electron chi connectivity index (χ2n) is 4.71. The number of alkyl halides is 1. The van der Waals surface area contributed by atoms with Crippen molar-refractivity contribution < 1.29 is 0 Å². The van der Waals surface area contributed by atoms with Crippen LogP contribution in [0.15, 0.2) is 0 Å². The monoisotopic (exact) mass is 176 g/mol. The highest BCUT2D eigenvalue weighted by Gasteiger charge is 2.10. The summed E-state index contributed by atoms with van der Waals surface area (Å²) in [6, 6.07) is 0. The molecule has 0 aromatic carbocycles. The summed E-state index contributed by atoms with van der Waals surface area (Å²) in [5.41, 5.74) is 0.492. The highest BCUT2D eigenvalue weighted by Crippen LogP contribution is 2.23. The number of hydrogen-bond acceptors (Lipinski definition) is 0. The topological polar surface area (TPSA) is 0 Å². The lowest BCUT2D eigenvalue weighted by atomic mass is 9.88. The van der Waals surface area contributed by atoms with Gasteiger partial charge in [-0.05, 0) is 24.2 Å². The molecule has 68 valence electrons. The zero-order valence-electron chi connectivity index (χ0n) is 8.28. The van der Waals surface area contributed by atoms with E-state index < -0.39 is 0 Å². The van der Waals surface area contributed by atoms with Crippen LogP contribution in [0.5, 0.6) is 0 Å². The molecular formula is C10H21Cl. The summed E-state index contributed by atoms with van der Waals surface area (Å²) in [6.45, 7) is 9.09. The summed E-state index contributed by atoms with van der Waals surface area (Å²) < 4.78 is 0. The van der Waals surface area contributed by atoms with Crippen molar-refractivity contribution in [3.63, 3.8) is 0 Å². The minimum absolute atomic E-state index is 0.492. The third kappa shape index (κ3) is 8.19. The van der Waals surface area contributed by atoms with Crippen molar-refractivity contribution in [1.82, 2.24) is 0 Å². The predicted molar refractivity (Wildman–Crippen MR) is 53.2 cm³/mol. The molecule has 11 heavy (non-hydrogen) atoms. The Morgan fingerprint density at radius 1 is 1.27 bits per heavy atom. The summed E-state index contributed by atoms with van der Waals surface area (Å²) in [5.74, 6) is 1.50. The Morgan fingerprint density at radius 2 is 1.82 bits per heavy atom. The van der Waals surface area contributed by atoms with Gasteiger partial charge in [0.2, 0.25) is 0 Å². The first-order chi connectivity index (χ1) is 4.95. The molecule has 1 heteroatoms. The standard InChI is InChI=1S/C10H21Cl/c1-9(8-11)6-5-7-10(2,3)4/h9H,5-8H2,1-4H3. The zero-order valence-corrected chi connectivity index (χ0v) is 9.04. The Hall–Kier alpha value is 0.290. The number of hydrogen-bond donors (Lipinski definition) is 0. The molecule has 0 N–H and O–H groups in total. The molecule has 0 spiro atoms. The fraction of sp³-hybridized carbons (Fsp3) is 1.00. The maximum atomic E-state index is 5.70. The van der Waals surface area contributed by atoms with Crippen molar-refractivity contribution in [3.8, 4) is 0 Å². The Kier molecular flexibility index (Phi) is 5.16. The molecule has 0 fully saturated rings. The van der Waals surface area contributed by atoms with E-state index in [-0.39, 0.29) is 0 Å². The molecule has 0 aliphatic heterocycles. The average molecular weight is 177 g/mol. The molecule has 0 amide bonds. The molecule has 0 aliphatic carbocycles. The molecule has 0 rings (SSSR count). The number of halogens is 1. The molecule has 0 heterocycles. The van der Waals surface area contributed by atoms with Crippen molar-refractivity contribution in [3.05, 3.63) is 0 Å². The second-order valence-corrected chi connectivity index (χ2v) is 5.02. The molecule has 0 aromatic rings. The lowest BCUT2D eigenvalue weighted by molar-refractivity contribution is 0.348. The maximum Gasteiger partial charge on any atom is 0.0249 e. The van der Waals surface area contributed by atoms with Crippen LogP contribution in [0.25, 0.3) is 0 Å². The minimum Gasteiger partial charge on any atom is -0.126 e. The van der Waals surface area contributed by atoms with E-state index in [1.54, 1.807) is 0 Å². The van der Waals surface area contributed by atoms with Crippen LogP contribution in [0, 0.1) is 11.3 Å². The van der Waals surface area contributed by atoms with E-state index >= 15 is 0 Å². The third-order valence-electron chi connectivity index (χ3n) is 1.89. The quantitative estimate of drug-likeness (QED) is 0.567. The van der Waals surface area contributed by atoms with Gasteiger partial charge in [-0.25, -0.2) is 0 Å². The predicted octanol–water partition coefficient (Wildman–Crippen LogP) is 4.08. The molecule has 1 atom stereocenters. The summed E-state index contributed by atoms with van der Waals surface area (Å²) in [7, 11) is 0.